The van der Waals surface area contributed by atoms with E-state index in [1.807, 2.05) is 24.3 Å². The fourth-order valence-electron chi connectivity index (χ4n) is 2.91. The van der Waals surface area contributed by atoms with Crippen molar-refractivity contribution in [3.8, 4) is 5.75 Å². The first-order chi connectivity index (χ1) is 9.13. The quantitative estimate of drug-likeness (QED) is 0.892. The predicted molar refractivity (Wildman–Crippen MR) is 75.5 cm³/mol. The van der Waals surface area contributed by atoms with Gasteiger partial charge >= 0.3 is 0 Å². The molecule has 0 saturated carbocycles. The Balaban J connectivity index is 2.07. The number of aliphatic hydroxyl groups is 1. The Morgan fingerprint density at radius 2 is 1.84 bits per heavy atom. The zero-order chi connectivity index (χ0) is 13.5. The van der Waals surface area contributed by atoms with Crippen molar-refractivity contribution >= 4 is 0 Å². The first-order valence-electron chi connectivity index (χ1n) is 6.60. The lowest BCUT2D eigenvalue weighted by Gasteiger charge is -2.25. The van der Waals surface area contributed by atoms with Crippen LogP contribution in [-0.4, -0.2) is 12.2 Å². The molecule has 98 valence electrons. The maximum atomic E-state index is 11.1. The van der Waals surface area contributed by atoms with Crippen LogP contribution in [0.2, 0.25) is 0 Å². The van der Waals surface area contributed by atoms with Crippen molar-refractivity contribution in [2.45, 2.75) is 25.4 Å². The van der Waals surface area contributed by atoms with E-state index >= 15 is 0 Å². The molecule has 0 aromatic heterocycles. The monoisotopic (exact) mass is 254 g/mol. The van der Waals surface area contributed by atoms with Gasteiger partial charge in [0.2, 0.25) is 0 Å². The number of rotatable bonds is 2. The van der Waals surface area contributed by atoms with E-state index in [2.05, 4.69) is 25.1 Å². The second-order valence-electron chi connectivity index (χ2n) is 5.25. The second-order valence-corrected chi connectivity index (χ2v) is 5.25. The lowest BCUT2D eigenvalue weighted by molar-refractivity contribution is 0.0828. The van der Waals surface area contributed by atoms with E-state index in [0.29, 0.717) is 0 Å². The first kappa shape index (κ1) is 12.2. The number of benzene rings is 2. The standard InChI is InChI=1S/C17H18O2/c1-12-3-4-13-9-10-17(18,16(13)11-12)14-5-7-15(19-2)8-6-14/h3-8,11,18H,9-10H2,1-2H3. The summed E-state index contributed by atoms with van der Waals surface area (Å²) in [4.78, 5) is 0. The van der Waals surface area contributed by atoms with Gasteiger partial charge in [-0.2, -0.15) is 0 Å². The Hall–Kier alpha value is -1.80. The predicted octanol–water partition coefficient (Wildman–Crippen LogP) is 3.19. The summed E-state index contributed by atoms with van der Waals surface area (Å²) in [6, 6.07) is 14.1. The largest absolute Gasteiger partial charge is 0.497 e. The summed E-state index contributed by atoms with van der Waals surface area (Å²) in [6.45, 7) is 2.06. The topological polar surface area (TPSA) is 29.5 Å². The summed E-state index contributed by atoms with van der Waals surface area (Å²) in [7, 11) is 1.65. The molecule has 0 amide bonds. The number of fused-ring (bicyclic) bond motifs is 1. The third-order valence-electron chi connectivity index (χ3n) is 4.03. The van der Waals surface area contributed by atoms with Gasteiger partial charge in [0.25, 0.3) is 0 Å². The van der Waals surface area contributed by atoms with Gasteiger partial charge < -0.3 is 9.84 Å². The van der Waals surface area contributed by atoms with Crippen LogP contribution in [0.1, 0.15) is 28.7 Å². The van der Waals surface area contributed by atoms with Gasteiger partial charge in [-0.25, -0.2) is 0 Å². The molecule has 0 heterocycles. The molecule has 19 heavy (non-hydrogen) atoms. The summed E-state index contributed by atoms with van der Waals surface area (Å²) >= 11 is 0. The highest BCUT2D eigenvalue weighted by atomic mass is 16.5. The van der Waals surface area contributed by atoms with Gasteiger partial charge in [-0.1, -0.05) is 35.9 Å². The molecule has 0 aliphatic heterocycles. The van der Waals surface area contributed by atoms with E-state index in [-0.39, 0.29) is 0 Å². The molecule has 0 fully saturated rings. The summed E-state index contributed by atoms with van der Waals surface area (Å²) in [5, 5.41) is 11.1. The molecule has 1 unspecified atom stereocenters. The molecule has 2 aromatic rings. The third kappa shape index (κ3) is 1.92. The molecule has 0 radical (unpaired) electrons. The van der Waals surface area contributed by atoms with E-state index in [1.54, 1.807) is 7.11 Å². The van der Waals surface area contributed by atoms with Crippen LogP contribution >= 0.6 is 0 Å². The average molecular weight is 254 g/mol. The number of methoxy groups -OCH3 is 1. The van der Waals surface area contributed by atoms with Gasteiger partial charge in [0, 0.05) is 0 Å². The maximum absolute atomic E-state index is 11.1. The molecule has 1 atom stereocenters. The zero-order valence-corrected chi connectivity index (χ0v) is 11.3. The second kappa shape index (κ2) is 4.39. The minimum absolute atomic E-state index is 0.748. The molecule has 0 spiro atoms. The number of hydrogen-bond donors (Lipinski definition) is 1. The Morgan fingerprint density at radius 3 is 2.53 bits per heavy atom. The molecule has 0 saturated heterocycles. The van der Waals surface area contributed by atoms with Crippen LogP contribution < -0.4 is 4.74 Å². The lowest BCUT2D eigenvalue weighted by atomic mass is 9.87. The number of aryl methyl sites for hydroxylation is 2. The van der Waals surface area contributed by atoms with E-state index < -0.39 is 5.60 Å². The minimum atomic E-state index is -0.854. The average Bonchev–Trinajstić information content (AvgIpc) is 2.77. The summed E-state index contributed by atoms with van der Waals surface area (Å²) < 4.78 is 5.17. The highest BCUT2D eigenvalue weighted by Crippen LogP contribution is 2.42. The van der Waals surface area contributed by atoms with E-state index in [0.717, 1.165) is 29.7 Å². The highest BCUT2D eigenvalue weighted by molar-refractivity contribution is 5.47. The van der Waals surface area contributed by atoms with E-state index in [1.165, 1.54) is 11.1 Å². The molecule has 2 nitrogen and oxygen atoms in total. The van der Waals surface area contributed by atoms with Gasteiger partial charge in [0.05, 0.1) is 7.11 Å². The SMILES string of the molecule is COc1ccc(C2(O)CCc3ccc(C)cc32)cc1. The van der Waals surface area contributed by atoms with Crippen LogP contribution in [0.4, 0.5) is 0 Å². The van der Waals surface area contributed by atoms with Crippen LogP contribution in [0.3, 0.4) is 0 Å². The van der Waals surface area contributed by atoms with Crippen molar-refractivity contribution in [3.05, 3.63) is 64.7 Å². The van der Waals surface area contributed by atoms with Crippen LogP contribution in [-0.2, 0) is 12.0 Å². The van der Waals surface area contributed by atoms with Gasteiger partial charge in [0.15, 0.2) is 0 Å². The molecular formula is C17H18O2. The van der Waals surface area contributed by atoms with Crippen molar-refractivity contribution in [1.82, 2.24) is 0 Å². The fourth-order valence-corrected chi connectivity index (χ4v) is 2.91. The van der Waals surface area contributed by atoms with Crippen LogP contribution in [0.5, 0.6) is 5.75 Å². The number of hydrogen-bond acceptors (Lipinski definition) is 2. The molecular weight excluding hydrogens is 236 g/mol. The van der Waals surface area contributed by atoms with Crippen LogP contribution in [0.25, 0.3) is 0 Å². The van der Waals surface area contributed by atoms with Crippen molar-refractivity contribution in [2.75, 3.05) is 7.11 Å². The third-order valence-corrected chi connectivity index (χ3v) is 4.03. The van der Waals surface area contributed by atoms with Gasteiger partial charge in [0.1, 0.15) is 11.4 Å². The molecule has 1 N–H and O–H groups in total. The van der Waals surface area contributed by atoms with E-state index in [4.69, 9.17) is 4.74 Å². The van der Waals surface area contributed by atoms with Crippen molar-refractivity contribution in [1.29, 1.82) is 0 Å². The normalized spacial score (nSPS) is 21.2. The Bertz CT molecular complexity index is 601. The Morgan fingerprint density at radius 1 is 1.11 bits per heavy atom. The van der Waals surface area contributed by atoms with E-state index in [9.17, 15) is 5.11 Å². The van der Waals surface area contributed by atoms with Crippen molar-refractivity contribution in [2.24, 2.45) is 0 Å². The van der Waals surface area contributed by atoms with Gasteiger partial charge in [-0.3, -0.25) is 0 Å². The summed E-state index contributed by atoms with van der Waals surface area (Å²) in [6.07, 6.45) is 1.68. The van der Waals surface area contributed by atoms with Crippen LogP contribution in [0, 0.1) is 6.92 Å². The van der Waals surface area contributed by atoms with Crippen LogP contribution in [0.15, 0.2) is 42.5 Å². The van der Waals surface area contributed by atoms with Crippen molar-refractivity contribution in [3.63, 3.8) is 0 Å². The molecule has 2 aromatic carbocycles. The molecule has 1 aliphatic carbocycles. The zero-order valence-electron chi connectivity index (χ0n) is 11.3. The first-order valence-corrected chi connectivity index (χ1v) is 6.60. The van der Waals surface area contributed by atoms with Gasteiger partial charge in [-0.05, 0) is 48.6 Å². The summed E-state index contributed by atoms with van der Waals surface area (Å²) in [5.74, 6) is 0.815. The van der Waals surface area contributed by atoms with Crippen molar-refractivity contribution < 1.29 is 9.84 Å². The summed E-state index contributed by atoms with van der Waals surface area (Å²) in [5.41, 5.74) is 3.58. The molecule has 2 heteroatoms. The lowest BCUT2D eigenvalue weighted by Crippen LogP contribution is -2.23. The minimum Gasteiger partial charge on any atom is -0.497 e. The fraction of sp³-hybridized carbons (Fsp3) is 0.294. The Kier molecular flexibility index (Phi) is 2.83. The Labute approximate surface area is 113 Å². The molecule has 1 aliphatic rings. The molecule has 0 bridgehead atoms. The highest BCUT2D eigenvalue weighted by Gasteiger charge is 2.38. The van der Waals surface area contributed by atoms with Gasteiger partial charge in [-0.15, -0.1) is 0 Å². The molecule has 3 rings (SSSR count). The maximum Gasteiger partial charge on any atom is 0.118 e. The smallest absolute Gasteiger partial charge is 0.118 e. The number of ether oxygens (including phenoxy) is 1.